The van der Waals surface area contributed by atoms with Crippen molar-refractivity contribution < 1.29 is 0 Å². The Kier molecular flexibility index (Phi) is 146. The minimum absolute atomic E-state index is 0. The third-order valence-electron chi connectivity index (χ3n) is 0. The molecule has 0 unspecified atom stereocenters. The first kappa shape index (κ1) is 19.1. The van der Waals surface area contributed by atoms with E-state index in [1.54, 1.807) is 0 Å². The molecule has 0 fully saturated rings. The number of rotatable bonds is 0. The van der Waals surface area contributed by atoms with Crippen LogP contribution in [-0.2, 0) is 0 Å². The van der Waals surface area contributed by atoms with Gasteiger partial charge in [0.1, 0.15) is 0 Å². The van der Waals surface area contributed by atoms with Crippen LogP contribution in [0.4, 0.5) is 0 Å². The van der Waals surface area contributed by atoms with E-state index >= 15 is 0 Å². The van der Waals surface area contributed by atoms with Gasteiger partial charge in [-0.25, -0.2) is 0 Å². The molecule has 0 aromatic rings. The molecule has 0 aliphatic heterocycles. The van der Waals surface area contributed by atoms with Gasteiger partial charge in [0.2, 0.25) is 0 Å². The molecule has 4 heavy (non-hydrogen) atoms. The Morgan fingerprint density at radius 1 is 1.25 bits per heavy atom. The van der Waals surface area contributed by atoms with Gasteiger partial charge in [-0.15, -0.1) is 12.4 Å². The zero-order valence-corrected chi connectivity index (χ0v) is 9.01. The quantitative estimate of drug-likeness (QED) is 0.569. The van der Waals surface area contributed by atoms with Crippen molar-refractivity contribution in [1.29, 1.82) is 0 Å². The van der Waals surface area contributed by atoms with Gasteiger partial charge in [-0.1, -0.05) is 0 Å². The minimum atomic E-state index is 0. The van der Waals surface area contributed by atoms with Crippen molar-refractivity contribution in [3.8, 4) is 0 Å². The van der Waals surface area contributed by atoms with Gasteiger partial charge in [-0.05, 0) is 7.05 Å². The summed E-state index contributed by atoms with van der Waals surface area (Å²) in [6.07, 6.45) is 0. The summed E-state index contributed by atoms with van der Waals surface area (Å²) < 4.78 is 0. The third-order valence-corrected chi connectivity index (χ3v) is 0. The Morgan fingerprint density at radius 2 is 1.25 bits per heavy atom. The van der Waals surface area contributed by atoms with Crippen LogP contribution >= 0.6 is 12.4 Å². The monoisotopic (exact) mass is 277 g/mol. The molecular weight excluding hydrogens is 269 g/mol. The van der Waals surface area contributed by atoms with Crippen LogP contribution in [-0.4, -0.2) is 34.3 Å². The first-order chi connectivity index (χ1) is 1.00. The van der Waals surface area contributed by atoms with E-state index in [4.69, 9.17) is 0 Å². The summed E-state index contributed by atoms with van der Waals surface area (Å²) in [4.78, 5) is 0. The molecule has 0 bridgehead atoms. The van der Waals surface area contributed by atoms with Gasteiger partial charge in [-0.3, -0.25) is 0 Å². The van der Waals surface area contributed by atoms with Crippen LogP contribution in [0.2, 0.25) is 0 Å². The fourth-order valence-electron chi connectivity index (χ4n) is 0. The second-order valence-corrected chi connectivity index (χ2v) is 0. The maximum absolute atomic E-state index is 4.50. The van der Waals surface area contributed by atoms with E-state index in [9.17, 15) is 0 Å². The van der Waals surface area contributed by atoms with Gasteiger partial charge < -0.3 is 5.73 Å². The first-order valence-electron chi connectivity index (χ1n) is 0.577. The molecule has 28 valence electrons. The van der Waals surface area contributed by atoms with Crippen molar-refractivity contribution in [2.75, 3.05) is 7.05 Å². The molecule has 3 heteroatoms. The summed E-state index contributed by atoms with van der Waals surface area (Å²) in [5, 5.41) is 0. The molecule has 0 spiro atoms. The van der Waals surface area contributed by atoms with Gasteiger partial charge in [0, 0.05) is 0 Å². The molecular formula is CH8ClNPb. The van der Waals surface area contributed by atoms with Crippen molar-refractivity contribution in [3.05, 3.63) is 0 Å². The summed E-state index contributed by atoms with van der Waals surface area (Å²) in [7, 11) is 1.50. The van der Waals surface area contributed by atoms with E-state index < -0.39 is 0 Å². The molecule has 0 aromatic heterocycles. The van der Waals surface area contributed by atoms with Crippen LogP contribution in [0.1, 0.15) is 0 Å². The van der Waals surface area contributed by atoms with E-state index in [0.29, 0.717) is 0 Å². The summed E-state index contributed by atoms with van der Waals surface area (Å²) in [6.45, 7) is 0. The molecule has 0 saturated carbocycles. The molecule has 0 atom stereocenters. The van der Waals surface area contributed by atoms with E-state index in [2.05, 4.69) is 5.73 Å². The number of hydrogen-bond acceptors (Lipinski definition) is 1. The summed E-state index contributed by atoms with van der Waals surface area (Å²) >= 11 is 0. The average molecular weight is 277 g/mol. The van der Waals surface area contributed by atoms with Crippen LogP contribution < -0.4 is 5.73 Å². The standard InChI is InChI=1S/CH5N.ClH.Pb.2H/c1-2;;;;/h2H2,1H3;1H;;;. The molecule has 2 radical (unpaired) electrons. The van der Waals surface area contributed by atoms with Crippen molar-refractivity contribution in [2.45, 2.75) is 0 Å². The molecule has 1 nitrogen and oxygen atoms in total. The summed E-state index contributed by atoms with van der Waals surface area (Å²) in [5.74, 6) is 0. The molecule has 0 aromatic carbocycles. The van der Waals surface area contributed by atoms with Crippen molar-refractivity contribution >= 4 is 39.7 Å². The fraction of sp³-hybridized carbons (Fsp3) is 1.00. The molecule has 0 amide bonds. The van der Waals surface area contributed by atoms with E-state index in [1.807, 2.05) is 0 Å². The summed E-state index contributed by atoms with van der Waals surface area (Å²) in [5.41, 5.74) is 4.50. The van der Waals surface area contributed by atoms with Crippen LogP contribution in [0.3, 0.4) is 0 Å². The maximum atomic E-state index is 4.50. The van der Waals surface area contributed by atoms with Gasteiger partial charge in [0.05, 0.1) is 0 Å². The van der Waals surface area contributed by atoms with Gasteiger partial charge in [0.15, 0.2) is 0 Å². The zero-order valence-electron chi connectivity index (χ0n) is 2.69. The molecule has 0 saturated heterocycles. The second kappa shape index (κ2) is 30.6. The van der Waals surface area contributed by atoms with Crippen molar-refractivity contribution in [2.24, 2.45) is 5.73 Å². The summed E-state index contributed by atoms with van der Waals surface area (Å²) in [6, 6.07) is 0. The molecule has 0 aliphatic rings. The fourth-order valence-corrected chi connectivity index (χ4v) is 0. The predicted molar refractivity (Wildman–Crippen MR) is 25.9 cm³/mol. The average Bonchev–Trinajstić information content (AvgIpc) is 1.00. The molecule has 2 N–H and O–H groups in total. The first-order valence-corrected chi connectivity index (χ1v) is 0.577. The Balaban J connectivity index is -0.00000000500. The molecule has 0 aliphatic carbocycles. The van der Waals surface area contributed by atoms with E-state index in [-0.39, 0.29) is 39.7 Å². The van der Waals surface area contributed by atoms with Crippen LogP contribution in [0, 0.1) is 0 Å². The Morgan fingerprint density at radius 3 is 1.25 bits per heavy atom. The zero-order chi connectivity index (χ0) is 2.00. The Hall–Kier alpha value is 1.17. The Labute approximate surface area is 52.5 Å². The number of hydrogen-bond donors (Lipinski definition) is 1. The van der Waals surface area contributed by atoms with Crippen LogP contribution in [0.5, 0.6) is 0 Å². The topological polar surface area (TPSA) is 26.0 Å². The van der Waals surface area contributed by atoms with Gasteiger partial charge in [0.25, 0.3) is 0 Å². The van der Waals surface area contributed by atoms with Gasteiger partial charge >= 0.3 is 27.3 Å². The SMILES string of the molecule is CN.Cl.[PbH2]. The molecule has 0 heterocycles. The van der Waals surface area contributed by atoms with E-state index in [1.165, 1.54) is 7.05 Å². The normalized spacial score (nSPS) is 1.50. The van der Waals surface area contributed by atoms with Gasteiger partial charge in [-0.2, -0.15) is 0 Å². The second-order valence-electron chi connectivity index (χ2n) is 0. The number of halogens is 1. The van der Waals surface area contributed by atoms with Crippen molar-refractivity contribution in [3.63, 3.8) is 0 Å². The van der Waals surface area contributed by atoms with Crippen LogP contribution in [0.25, 0.3) is 0 Å². The number of nitrogens with two attached hydrogens (primary N) is 1. The predicted octanol–water partition coefficient (Wildman–Crippen LogP) is -0.919. The van der Waals surface area contributed by atoms with Crippen LogP contribution in [0.15, 0.2) is 0 Å². The van der Waals surface area contributed by atoms with E-state index in [0.717, 1.165) is 0 Å². The third kappa shape index (κ3) is 10.9. The molecule has 0 rings (SSSR count). The van der Waals surface area contributed by atoms with Crippen molar-refractivity contribution in [1.82, 2.24) is 0 Å². The Bertz CT molecular complexity index is 8.00.